The number of halogens is 1. The molecule has 0 radical (unpaired) electrons. The van der Waals surface area contributed by atoms with Crippen LogP contribution in [-0.4, -0.2) is 55.2 Å². The lowest BCUT2D eigenvalue weighted by atomic mass is 9.88. The quantitative estimate of drug-likeness (QED) is 0.731. The SMILES string of the molecule is CC1CCc2onc(C(=O)NCCCN3CCN(c4cccc(Cl)c4)CC3)c2C1. The Bertz CT molecular complexity index is 845. The van der Waals surface area contributed by atoms with Crippen LogP contribution in [-0.2, 0) is 12.8 Å². The maximum Gasteiger partial charge on any atom is 0.273 e. The monoisotopic (exact) mass is 416 g/mol. The molecule has 0 saturated carbocycles. The lowest BCUT2D eigenvalue weighted by Crippen LogP contribution is -2.47. The van der Waals surface area contributed by atoms with Crippen LogP contribution in [0.4, 0.5) is 5.69 Å². The Morgan fingerprint density at radius 3 is 2.93 bits per heavy atom. The van der Waals surface area contributed by atoms with Gasteiger partial charge in [0, 0.05) is 55.4 Å². The fourth-order valence-corrected chi connectivity index (χ4v) is 4.43. The van der Waals surface area contributed by atoms with E-state index < -0.39 is 0 Å². The highest BCUT2D eigenvalue weighted by Gasteiger charge is 2.26. The average Bonchev–Trinajstić information content (AvgIpc) is 3.14. The lowest BCUT2D eigenvalue weighted by Gasteiger charge is -2.36. The first-order valence-electron chi connectivity index (χ1n) is 10.6. The summed E-state index contributed by atoms with van der Waals surface area (Å²) < 4.78 is 5.38. The summed E-state index contributed by atoms with van der Waals surface area (Å²) in [5.74, 6) is 1.37. The van der Waals surface area contributed by atoms with Crippen molar-refractivity contribution in [3.8, 4) is 0 Å². The summed E-state index contributed by atoms with van der Waals surface area (Å²) in [6.07, 6.45) is 3.81. The summed E-state index contributed by atoms with van der Waals surface area (Å²) in [6.45, 7) is 7.89. The highest BCUT2D eigenvalue weighted by molar-refractivity contribution is 6.30. The number of carbonyl (C=O) groups is 1. The third-order valence-electron chi connectivity index (χ3n) is 5.98. The maximum absolute atomic E-state index is 12.5. The first-order chi connectivity index (χ1) is 14.1. The van der Waals surface area contributed by atoms with Crippen molar-refractivity contribution in [2.45, 2.75) is 32.6 Å². The second kappa shape index (κ2) is 9.18. The number of hydrogen-bond acceptors (Lipinski definition) is 5. The molecular formula is C22H29ClN4O2. The van der Waals surface area contributed by atoms with Crippen molar-refractivity contribution in [1.82, 2.24) is 15.4 Å². The number of aromatic nitrogens is 1. The van der Waals surface area contributed by atoms with Gasteiger partial charge in [-0.15, -0.1) is 0 Å². The van der Waals surface area contributed by atoms with Gasteiger partial charge in [-0.25, -0.2) is 0 Å². The molecule has 6 nitrogen and oxygen atoms in total. The van der Waals surface area contributed by atoms with E-state index in [0.717, 1.165) is 74.8 Å². The molecule has 2 aliphatic rings. The standard InChI is InChI=1S/C22H29ClN4O2/c1-16-6-7-20-19(14-16)21(25-29-20)22(28)24-8-3-9-26-10-12-27(13-11-26)18-5-2-4-17(23)15-18/h2,4-5,15-16H,3,6-14H2,1H3,(H,24,28). The van der Waals surface area contributed by atoms with Crippen molar-refractivity contribution in [2.75, 3.05) is 44.2 Å². The number of benzene rings is 1. The van der Waals surface area contributed by atoms with E-state index in [1.54, 1.807) is 0 Å². The molecule has 1 saturated heterocycles. The number of fused-ring (bicyclic) bond motifs is 1. The van der Waals surface area contributed by atoms with Crippen molar-refractivity contribution < 1.29 is 9.32 Å². The number of nitrogens with one attached hydrogen (secondary N) is 1. The largest absolute Gasteiger partial charge is 0.369 e. The molecule has 0 spiro atoms. The van der Waals surface area contributed by atoms with E-state index in [1.807, 2.05) is 18.2 Å². The minimum atomic E-state index is -0.102. The van der Waals surface area contributed by atoms with Gasteiger partial charge in [-0.3, -0.25) is 9.69 Å². The van der Waals surface area contributed by atoms with Crippen LogP contribution in [0, 0.1) is 5.92 Å². The molecule has 1 aromatic heterocycles. The molecule has 2 heterocycles. The highest BCUT2D eigenvalue weighted by Crippen LogP contribution is 2.27. The van der Waals surface area contributed by atoms with Gasteiger partial charge in [0.15, 0.2) is 5.69 Å². The van der Waals surface area contributed by atoms with Crippen LogP contribution in [0.2, 0.25) is 5.02 Å². The van der Waals surface area contributed by atoms with Gasteiger partial charge in [0.25, 0.3) is 5.91 Å². The van der Waals surface area contributed by atoms with Crippen molar-refractivity contribution >= 4 is 23.2 Å². The normalized spacial score (nSPS) is 19.8. The van der Waals surface area contributed by atoms with E-state index in [2.05, 4.69) is 33.3 Å². The first-order valence-corrected chi connectivity index (χ1v) is 11.0. The zero-order valence-electron chi connectivity index (χ0n) is 17.0. The van der Waals surface area contributed by atoms with Crippen LogP contribution in [0.1, 0.15) is 41.6 Å². The van der Waals surface area contributed by atoms with Gasteiger partial charge in [0.2, 0.25) is 0 Å². The van der Waals surface area contributed by atoms with Gasteiger partial charge in [0.05, 0.1) is 0 Å². The zero-order chi connectivity index (χ0) is 20.2. The molecule has 1 aromatic carbocycles. The number of anilines is 1. The number of nitrogens with zero attached hydrogens (tertiary/aromatic N) is 3. The molecule has 1 aliphatic heterocycles. The van der Waals surface area contributed by atoms with Gasteiger partial charge in [-0.2, -0.15) is 0 Å². The Kier molecular flexibility index (Phi) is 6.40. The summed E-state index contributed by atoms with van der Waals surface area (Å²) >= 11 is 6.10. The van der Waals surface area contributed by atoms with Crippen LogP contribution < -0.4 is 10.2 Å². The van der Waals surface area contributed by atoms with E-state index in [4.69, 9.17) is 16.1 Å². The molecule has 2 aromatic rings. The summed E-state index contributed by atoms with van der Waals surface area (Å²) in [7, 11) is 0. The minimum absolute atomic E-state index is 0.102. The second-order valence-electron chi connectivity index (χ2n) is 8.20. The third kappa shape index (κ3) is 4.93. The Morgan fingerprint density at radius 2 is 2.14 bits per heavy atom. The molecule has 1 atom stereocenters. The predicted molar refractivity (Wildman–Crippen MR) is 115 cm³/mol. The molecule has 1 amide bonds. The topological polar surface area (TPSA) is 61.6 Å². The number of rotatable bonds is 6. The van der Waals surface area contributed by atoms with Crippen molar-refractivity contribution in [3.63, 3.8) is 0 Å². The molecule has 1 aliphatic carbocycles. The molecule has 29 heavy (non-hydrogen) atoms. The number of amides is 1. The highest BCUT2D eigenvalue weighted by atomic mass is 35.5. The van der Waals surface area contributed by atoms with Gasteiger partial charge < -0.3 is 14.7 Å². The first kappa shape index (κ1) is 20.2. The molecule has 7 heteroatoms. The molecule has 1 unspecified atom stereocenters. The molecule has 0 bridgehead atoms. The van der Waals surface area contributed by atoms with E-state index in [0.29, 0.717) is 18.2 Å². The van der Waals surface area contributed by atoms with E-state index in [-0.39, 0.29) is 5.91 Å². The van der Waals surface area contributed by atoms with Crippen LogP contribution in [0.25, 0.3) is 0 Å². The molecule has 1 N–H and O–H groups in total. The van der Waals surface area contributed by atoms with Gasteiger partial charge in [-0.05, 0) is 49.9 Å². The fraction of sp³-hybridized carbons (Fsp3) is 0.545. The van der Waals surface area contributed by atoms with Crippen LogP contribution in [0.5, 0.6) is 0 Å². The number of hydrogen-bond donors (Lipinski definition) is 1. The Hall–Kier alpha value is -2.05. The number of aryl methyl sites for hydroxylation is 1. The average molecular weight is 417 g/mol. The summed E-state index contributed by atoms with van der Waals surface area (Å²) in [4.78, 5) is 17.3. The van der Waals surface area contributed by atoms with Gasteiger partial charge in [-0.1, -0.05) is 29.7 Å². The Morgan fingerprint density at radius 1 is 1.31 bits per heavy atom. The summed E-state index contributed by atoms with van der Waals surface area (Å²) in [5.41, 5.74) is 2.69. The summed E-state index contributed by atoms with van der Waals surface area (Å²) in [6, 6.07) is 8.04. The van der Waals surface area contributed by atoms with Gasteiger partial charge >= 0.3 is 0 Å². The molecule has 156 valence electrons. The van der Waals surface area contributed by atoms with Crippen LogP contribution in [0.15, 0.2) is 28.8 Å². The van der Waals surface area contributed by atoms with Crippen LogP contribution >= 0.6 is 11.6 Å². The molecule has 1 fully saturated rings. The van der Waals surface area contributed by atoms with Crippen molar-refractivity contribution in [1.29, 1.82) is 0 Å². The molecule has 4 rings (SSSR count). The summed E-state index contributed by atoms with van der Waals surface area (Å²) in [5, 5.41) is 7.83. The number of carbonyl (C=O) groups excluding carboxylic acids is 1. The fourth-order valence-electron chi connectivity index (χ4n) is 4.25. The third-order valence-corrected chi connectivity index (χ3v) is 6.22. The van der Waals surface area contributed by atoms with E-state index >= 15 is 0 Å². The van der Waals surface area contributed by atoms with Gasteiger partial charge in [0.1, 0.15) is 5.76 Å². The zero-order valence-corrected chi connectivity index (χ0v) is 17.7. The molecular weight excluding hydrogens is 388 g/mol. The minimum Gasteiger partial charge on any atom is -0.369 e. The van der Waals surface area contributed by atoms with E-state index in [9.17, 15) is 4.79 Å². The lowest BCUT2D eigenvalue weighted by molar-refractivity contribution is 0.0941. The smallest absolute Gasteiger partial charge is 0.273 e. The van der Waals surface area contributed by atoms with Crippen molar-refractivity contribution in [2.24, 2.45) is 5.92 Å². The Balaban J connectivity index is 1.18. The predicted octanol–water partition coefficient (Wildman–Crippen LogP) is 3.39. The van der Waals surface area contributed by atoms with E-state index in [1.165, 1.54) is 5.69 Å². The second-order valence-corrected chi connectivity index (χ2v) is 8.64. The Labute approximate surface area is 177 Å². The maximum atomic E-state index is 12.5. The number of piperazine rings is 1. The van der Waals surface area contributed by atoms with Crippen molar-refractivity contribution in [3.05, 3.63) is 46.3 Å². The van der Waals surface area contributed by atoms with Crippen LogP contribution in [0.3, 0.4) is 0 Å².